The molecule has 1 aliphatic heterocycles. The molecule has 0 saturated carbocycles. The Morgan fingerprint density at radius 2 is 2.13 bits per heavy atom. The van der Waals surface area contributed by atoms with E-state index in [0.717, 1.165) is 17.9 Å². The molecule has 0 aromatic rings. The summed E-state index contributed by atoms with van der Waals surface area (Å²) >= 11 is 7.47. The van der Waals surface area contributed by atoms with Crippen molar-refractivity contribution in [3.05, 3.63) is 0 Å². The fraction of sp³-hybridized carbons (Fsp3) is 1.00. The molecule has 0 N–H and O–H groups in total. The van der Waals surface area contributed by atoms with Gasteiger partial charge in [-0.15, -0.1) is 11.6 Å². The maximum atomic E-state index is 12.0. The molecule has 1 heterocycles. The Kier molecular flexibility index (Phi) is 5.74. The number of hydrogen-bond donors (Lipinski definition) is 0. The van der Waals surface area contributed by atoms with Crippen LogP contribution in [0.3, 0.4) is 0 Å². The summed E-state index contributed by atoms with van der Waals surface area (Å²) in [6, 6.07) is 0. The number of hydrogen-bond acceptors (Lipinski definition) is 3. The van der Waals surface area contributed by atoms with Gasteiger partial charge in [-0.25, -0.2) is 12.7 Å². The highest BCUT2D eigenvalue weighted by atomic mass is 35.5. The lowest BCUT2D eigenvalue weighted by Gasteiger charge is -2.21. The predicted octanol–water partition coefficient (Wildman–Crippen LogP) is 1.63. The first-order valence-corrected chi connectivity index (χ1v) is 8.47. The fourth-order valence-electron chi connectivity index (χ4n) is 1.51. The van der Waals surface area contributed by atoms with Crippen LogP contribution in [0.2, 0.25) is 0 Å². The van der Waals surface area contributed by atoms with Gasteiger partial charge in [0.25, 0.3) is 0 Å². The number of alkyl halides is 1. The number of thioether (sulfide) groups is 1. The predicted molar refractivity (Wildman–Crippen MR) is 67.2 cm³/mol. The number of nitrogens with zero attached hydrogens (tertiary/aromatic N) is 1. The van der Waals surface area contributed by atoms with E-state index in [0.29, 0.717) is 19.0 Å². The average Bonchev–Trinajstić information content (AvgIpc) is 2.45. The molecule has 0 aromatic heterocycles. The van der Waals surface area contributed by atoms with Gasteiger partial charge in [0.1, 0.15) is 0 Å². The topological polar surface area (TPSA) is 37.4 Å². The summed E-state index contributed by atoms with van der Waals surface area (Å²) in [7, 11) is -3.08. The summed E-state index contributed by atoms with van der Waals surface area (Å²) < 4.78 is 25.6. The van der Waals surface area contributed by atoms with Crippen LogP contribution in [-0.2, 0) is 10.0 Å². The van der Waals surface area contributed by atoms with Crippen LogP contribution in [0.4, 0.5) is 0 Å². The molecule has 0 bridgehead atoms. The Bertz CT molecular complexity index is 274. The lowest BCUT2D eigenvalue weighted by molar-refractivity contribution is 0.430. The van der Waals surface area contributed by atoms with E-state index in [1.54, 1.807) is 4.31 Å². The van der Waals surface area contributed by atoms with Gasteiger partial charge in [-0.1, -0.05) is 6.92 Å². The van der Waals surface area contributed by atoms with E-state index < -0.39 is 10.0 Å². The summed E-state index contributed by atoms with van der Waals surface area (Å²) in [5, 5.41) is 0. The third-order valence-electron chi connectivity index (χ3n) is 2.33. The van der Waals surface area contributed by atoms with E-state index in [1.807, 2.05) is 18.7 Å². The summed E-state index contributed by atoms with van der Waals surface area (Å²) in [5.74, 6) is 2.60. The van der Waals surface area contributed by atoms with Crippen LogP contribution in [-0.4, -0.2) is 49.0 Å². The molecule has 0 aromatic carbocycles. The first kappa shape index (κ1) is 13.6. The van der Waals surface area contributed by atoms with Crippen LogP contribution in [0.1, 0.15) is 13.3 Å². The molecular weight excluding hydrogens is 254 g/mol. The monoisotopic (exact) mass is 271 g/mol. The minimum atomic E-state index is -3.08. The van der Waals surface area contributed by atoms with E-state index in [2.05, 4.69) is 0 Å². The van der Waals surface area contributed by atoms with Crippen LogP contribution in [0.15, 0.2) is 0 Å². The maximum absolute atomic E-state index is 12.0. The second-order valence-corrected chi connectivity index (χ2v) is 7.45. The maximum Gasteiger partial charge on any atom is 0.214 e. The van der Waals surface area contributed by atoms with E-state index in [1.165, 1.54) is 0 Å². The zero-order valence-corrected chi connectivity index (χ0v) is 11.4. The minimum absolute atomic E-state index is 0.0348. The first-order chi connectivity index (χ1) is 7.06. The Labute approximate surface area is 102 Å². The zero-order chi connectivity index (χ0) is 11.3. The normalized spacial score (nSPS) is 22.3. The Balaban J connectivity index is 2.58. The highest BCUT2D eigenvalue weighted by Crippen LogP contribution is 2.15. The van der Waals surface area contributed by atoms with Crippen molar-refractivity contribution in [3.8, 4) is 0 Å². The van der Waals surface area contributed by atoms with Gasteiger partial charge in [0.2, 0.25) is 10.0 Å². The molecule has 1 aliphatic rings. The summed E-state index contributed by atoms with van der Waals surface area (Å²) in [4.78, 5) is 0. The van der Waals surface area contributed by atoms with E-state index in [-0.39, 0.29) is 11.7 Å². The second kappa shape index (κ2) is 6.33. The van der Waals surface area contributed by atoms with E-state index in [9.17, 15) is 8.42 Å². The quantitative estimate of drug-likeness (QED) is 0.730. The van der Waals surface area contributed by atoms with Crippen LogP contribution in [0, 0.1) is 5.92 Å². The number of sulfonamides is 1. The van der Waals surface area contributed by atoms with Gasteiger partial charge in [0.05, 0.1) is 5.75 Å². The molecule has 1 atom stereocenters. The van der Waals surface area contributed by atoms with Crippen molar-refractivity contribution in [2.24, 2.45) is 5.92 Å². The third-order valence-corrected chi connectivity index (χ3v) is 6.05. The minimum Gasteiger partial charge on any atom is -0.212 e. The van der Waals surface area contributed by atoms with Crippen LogP contribution in [0.5, 0.6) is 0 Å². The van der Waals surface area contributed by atoms with Gasteiger partial charge in [-0.2, -0.15) is 11.8 Å². The van der Waals surface area contributed by atoms with Crippen molar-refractivity contribution in [1.29, 1.82) is 0 Å². The number of rotatable bonds is 4. The van der Waals surface area contributed by atoms with Gasteiger partial charge in [-0.3, -0.25) is 0 Å². The van der Waals surface area contributed by atoms with Crippen molar-refractivity contribution in [2.45, 2.75) is 13.3 Å². The van der Waals surface area contributed by atoms with Gasteiger partial charge >= 0.3 is 0 Å². The van der Waals surface area contributed by atoms with Crippen molar-refractivity contribution < 1.29 is 8.42 Å². The molecule has 15 heavy (non-hydrogen) atoms. The fourth-order valence-corrected chi connectivity index (χ4v) is 4.58. The molecule has 90 valence electrons. The molecule has 0 radical (unpaired) electrons. The lowest BCUT2D eigenvalue weighted by Crippen LogP contribution is -2.36. The molecular formula is C9H18ClNO2S2. The summed E-state index contributed by atoms with van der Waals surface area (Å²) in [6.45, 7) is 3.20. The van der Waals surface area contributed by atoms with E-state index >= 15 is 0 Å². The van der Waals surface area contributed by atoms with Crippen molar-refractivity contribution >= 4 is 33.4 Å². The molecule has 1 saturated heterocycles. The SMILES string of the molecule is CC(CCl)CS(=O)(=O)N1CCCSCC1. The molecule has 1 fully saturated rings. The second-order valence-electron chi connectivity index (χ2n) is 3.90. The largest absolute Gasteiger partial charge is 0.214 e. The Morgan fingerprint density at radius 3 is 2.80 bits per heavy atom. The highest BCUT2D eigenvalue weighted by molar-refractivity contribution is 7.99. The summed E-state index contributed by atoms with van der Waals surface area (Å²) in [6.07, 6.45) is 0.957. The van der Waals surface area contributed by atoms with Crippen LogP contribution < -0.4 is 0 Å². The standard InChI is InChI=1S/C9H18ClNO2S2/c1-9(7-10)8-15(12,13)11-3-2-5-14-6-4-11/h9H,2-8H2,1H3. The highest BCUT2D eigenvalue weighted by Gasteiger charge is 2.24. The molecule has 0 amide bonds. The Morgan fingerprint density at radius 1 is 1.40 bits per heavy atom. The van der Waals surface area contributed by atoms with Crippen molar-refractivity contribution in [2.75, 3.05) is 36.2 Å². The first-order valence-electron chi connectivity index (χ1n) is 5.18. The van der Waals surface area contributed by atoms with Gasteiger partial charge in [0.15, 0.2) is 0 Å². The molecule has 0 aliphatic carbocycles. The Hall–Kier alpha value is 0.550. The smallest absolute Gasteiger partial charge is 0.212 e. The van der Waals surface area contributed by atoms with Gasteiger partial charge in [-0.05, 0) is 18.1 Å². The molecule has 6 heteroatoms. The average molecular weight is 272 g/mol. The zero-order valence-electron chi connectivity index (χ0n) is 8.99. The van der Waals surface area contributed by atoms with Gasteiger partial charge in [0, 0.05) is 24.7 Å². The lowest BCUT2D eigenvalue weighted by atomic mass is 10.3. The van der Waals surface area contributed by atoms with Crippen molar-refractivity contribution in [3.63, 3.8) is 0 Å². The number of halogens is 1. The molecule has 1 unspecified atom stereocenters. The molecule has 0 spiro atoms. The molecule has 1 rings (SSSR count). The van der Waals surface area contributed by atoms with E-state index in [4.69, 9.17) is 11.6 Å². The van der Waals surface area contributed by atoms with Crippen molar-refractivity contribution in [1.82, 2.24) is 4.31 Å². The van der Waals surface area contributed by atoms with Gasteiger partial charge < -0.3 is 0 Å². The third kappa shape index (κ3) is 4.51. The van der Waals surface area contributed by atoms with Crippen LogP contribution in [0.25, 0.3) is 0 Å². The molecule has 3 nitrogen and oxygen atoms in total. The summed E-state index contributed by atoms with van der Waals surface area (Å²) in [5.41, 5.74) is 0. The van der Waals surface area contributed by atoms with Crippen LogP contribution >= 0.6 is 23.4 Å².